The molecule has 0 heterocycles. The van der Waals surface area contributed by atoms with Crippen molar-refractivity contribution >= 4 is 17.3 Å². The summed E-state index contributed by atoms with van der Waals surface area (Å²) < 4.78 is 10.5. The van der Waals surface area contributed by atoms with Gasteiger partial charge in [0, 0.05) is 11.6 Å². The first-order valence-electron chi connectivity index (χ1n) is 8.18. The van der Waals surface area contributed by atoms with Gasteiger partial charge in [0.15, 0.2) is 12.4 Å². The number of nitro groups is 1. The maximum atomic E-state index is 12.0. The van der Waals surface area contributed by atoms with Crippen molar-refractivity contribution in [3.63, 3.8) is 0 Å². The van der Waals surface area contributed by atoms with Crippen molar-refractivity contribution in [3.05, 3.63) is 63.2 Å². The van der Waals surface area contributed by atoms with Crippen LogP contribution in [0.5, 0.6) is 11.5 Å². The summed E-state index contributed by atoms with van der Waals surface area (Å²) in [6, 6.07) is 10.2. The molecular formula is C19H21N3O5. The van der Waals surface area contributed by atoms with Crippen LogP contribution in [0.4, 0.5) is 5.69 Å². The minimum atomic E-state index is -0.535. The van der Waals surface area contributed by atoms with Crippen LogP contribution in [0.1, 0.15) is 23.6 Å². The highest BCUT2D eigenvalue weighted by Gasteiger charge is 2.16. The third kappa shape index (κ3) is 5.04. The number of para-hydroxylation sites is 1. The van der Waals surface area contributed by atoms with Crippen molar-refractivity contribution in [2.45, 2.75) is 20.8 Å². The monoisotopic (exact) mass is 371 g/mol. The fourth-order valence-electron chi connectivity index (χ4n) is 2.47. The second kappa shape index (κ2) is 8.79. The molecule has 0 aliphatic carbocycles. The van der Waals surface area contributed by atoms with Crippen LogP contribution < -0.4 is 14.9 Å². The van der Waals surface area contributed by atoms with Gasteiger partial charge in [0.2, 0.25) is 0 Å². The molecule has 1 amide bonds. The number of nitro benzene ring substituents is 1. The smallest absolute Gasteiger partial charge is 0.311 e. The molecule has 8 heteroatoms. The molecule has 142 valence electrons. The number of hydrogen-bond donors (Lipinski definition) is 1. The largest absolute Gasteiger partial charge is 0.490 e. The van der Waals surface area contributed by atoms with Crippen molar-refractivity contribution in [3.8, 4) is 11.5 Å². The van der Waals surface area contributed by atoms with Crippen LogP contribution >= 0.6 is 0 Å². The highest BCUT2D eigenvalue weighted by atomic mass is 16.6. The molecule has 0 aliphatic rings. The van der Waals surface area contributed by atoms with E-state index in [0.717, 1.165) is 11.1 Å². The maximum absolute atomic E-state index is 12.0. The number of amides is 1. The van der Waals surface area contributed by atoms with Gasteiger partial charge in [-0.3, -0.25) is 14.9 Å². The van der Waals surface area contributed by atoms with Crippen LogP contribution in [-0.4, -0.2) is 30.3 Å². The Morgan fingerprint density at radius 3 is 2.48 bits per heavy atom. The summed E-state index contributed by atoms with van der Waals surface area (Å²) in [4.78, 5) is 22.5. The molecule has 0 saturated carbocycles. The van der Waals surface area contributed by atoms with E-state index in [1.165, 1.54) is 19.2 Å². The minimum Gasteiger partial charge on any atom is -0.490 e. The Kier molecular flexibility index (Phi) is 6.48. The summed E-state index contributed by atoms with van der Waals surface area (Å²) in [5, 5.41) is 15.1. The Morgan fingerprint density at radius 2 is 1.89 bits per heavy atom. The van der Waals surface area contributed by atoms with Crippen LogP contribution in [-0.2, 0) is 4.79 Å². The number of aryl methyl sites for hydroxylation is 2. The van der Waals surface area contributed by atoms with Crippen molar-refractivity contribution in [1.29, 1.82) is 0 Å². The Balaban J connectivity index is 2.03. The number of hydrogen-bond acceptors (Lipinski definition) is 6. The number of methoxy groups -OCH3 is 1. The standard InChI is InChI=1S/C19H21N3O5/c1-12-6-5-7-13(2)19(12)27-11-18(23)21-20-14(3)15-8-9-17(26-4)16(10-15)22(24)25/h5-10H,11H2,1-4H3,(H,21,23)/b20-14-. The van der Waals surface area contributed by atoms with Crippen LogP contribution in [0.2, 0.25) is 0 Å². The van der Waals surface area contributed by atoms with E-state index < -0.39 is 10.8 Å². The number of nitrogens with one attached hydrogen (secondary N) is 1. The number of benzene rings is 2. The van der Waals surface area contributed by atoms with E-state index >= 15 is 0 Å². The molecule has 2 rings (SSSR count). The van der Waals surface area contributed by atoms with E-state index in [9.17, 15) is 14.9 Å². The molecule has 27 heavy (non-hydrogen) atoms. The number of carbonyl (C=O) groups is 1. The number of ether oxygens (including phenoxy) is 2. The van der Waals surface area contributed by atoms with Gasteiger partial charge in [0.05, 0.1) is 17.7 Å². The quantitative estimate of drug-likeness (QED) is 0.457. The number of nitrogens with zero attached hydrogens (tertiary/aromatic N) is 2. The van der Waals surface area contributed by atoms with Crippen molar-refractivity contribution < 1.29 is 19.2 Å². The van der Waals surface area contributed by atoms with Crippen molar-refractivity contribution in [2.75, 3.05) is 13.7 Å². The van der Waals surface area contributed by atoms with Gasteiger partial charge in [-0.1, -0.05) is 18.2 Å². The topological polar surface area (TPSA) is 103 Å². The Hall–Kier alpha value is -3.42. The van der Waals surface area contributed by atoms with E-state index in [1.54, 1.807) is 13.0 Å². The van der Waals surface area contributed by atoms with Gasteiger partial charge < -0.3 is 9.47 Å². The second-order valence-corrected chi connectivity index (χ2v) is 5.89. The van der Waals surface area contributed by atoms with Gasteiger partial charge in [0.1, 0.15) is 5.75 Å². The highest BCUT2D eigenvalue weighted by molar-refractivity contribution is 6.00. The van der Waals surface area contributed by atoms with Gasteiger partial charge in [-0.25, -0.2) is 5.43 Å². The van der Waals surface area contributed by atoms with Crippen molar-refractivity contribution in [1.82, 2.24) is 5.43 Å². The van der Waals surface area contributed by atoms with Gasteiger partial charge >= 0.3 is 5.69 Å². The molecule has 8 nitrogen and oxygen atoms in total. The molecule has 1 N–H and O–H groups in total. The average molecular weight is 371 g/mol. The number of hydrazone groups is 1. The average Bonchev–Trinajstić information content (AvgIpc) is 2.65. The first-order chi connectivity index (χ1) is 12.8. The van der Waals surface area contributed by atoms with Crippen LogP contribution in [0.3, 0.4) is 0 Å². The molecule has 0 spiro atoms. The maximum Gasteiger partial charge on any atom is 0.311 e. The molecule has 0 saturated heterocycles. The summed E-state index contributed by atoms with van der Waals surface area (Å²) in [6.07, 6.45) is 0. The first-order valence-corrected chi connectivity index (χ1v) is 8.18. The SMILES string of the molecule is COc1ccc(/C(C)=N\NC(=O)COc2c(C)cccc2C)cc1[N+](=O)[O-]. The predicted molar refractivity (Wildman–Crippen MR) is 101 cm³/mol. The molecule has 2 aromatic rings. The van der Waals surface area contributed by atoms with E-state index in [4.69, 9.17) is 9.47 Å². The molecule has 0 fully saturated rings. The van der Waals surface area contributed by atoms with Gasteiger partial charge in [-0.2, -0.15) is 5.10 Å². The first kappa shape index (κ1) is 19.9. The molecule has 0 aliphatic heterocycles. The molecule has 0 atom stereocenters. The molecule has 0 bridgehead atoms. The van der Waals surface area contributed by atoms with Crippen molar-refractivity contribution in [2.24, 2.45) is 5.10 Å². The molecular weight excluding hydrogens is 350 g/mol. The fraction of sp³-hybridized carbons (Fsp3) is 0.263. The number of rotatable bonds is 7. The summed E-state index contributed by atoms with van der Waals surface area (Å²) in [5.41, 5.74) is 5.01. The molecule has 0 unspecified atom stereocenters. The summed E-state index contributed by atoms with van der Waals surface area (Å²) in [6.45, 7) is 5.25. The summed E-state index contributed by atoms with van der Waals surface area (Å²) >= 11 is 0. The summed E-state index contributed by atoms with van der Waals surface area (Å²) in [7, 11) is 1.36. The predicted octanol–water partition coefficient (Wildman–Crippen LogP) is 3.14. The lowest BCUT2D eigenvalue weighted by Crippen LogP contribution is -2.26. The summed E-state index contributed by atoms with van der Waals surface area (Å²) in [5.74, 6) is 0.390. The Labute approximate surface area is 157 Å². The zero-order chi connectivity index (χ0) is 20.0. The normalized spacial score (nSPS) is 11.0. The Bertz CT molecular complexity index is 873. The van der Waals surface area contributed by atoms with Gasteiger partial charge in [0.25, 0.3) is 5.91 Å². The fourth-order valence-corrected chi connectivity index (χ4v) is 2.47. The third-order valence-electron chi connectivity index (χ3n) is 3.90. The lowest BCUT2D eigenvalue weighted by Gasteiger charge is -2.11. The van der Waals surface area contributed by atoms with Crippen LogP contribution in [0.15, 0.2) is 41.5 Å². The van der Waals surface area contributed by atoms with E-state index in [2.05, 4.69) is 10.5 Å². The third-order valence-corrected chi connectivity index (χ3v) is 3.90. The highest BCUT2D eigenvalue weighted by Crippen LogP contribution is 2.27. The zero-order valence-corrected chi connectivity index (χ0v) is 15.6. The minimum absolute atomic E-state index is 0.155. The van der Waals surface area contributed by atoms with E-state index in [1.807, 2.05) is 32.0 Å². The zero-order valence-electron chi connectivity index (χ0n) is 15.6. The number of carbonyl (C=O) groups excluding carboxylic acids is 1. The molecule has 0 aromatic heterocycles. The van der Waals surface area contributed by atoms with E-state index in [-0.39, 0.29) is 18.0 Å². The Morgan fingerprint density at radius 1 is 1.22 bits per heavy atom. The second-order valence-electron chi connectivity index (χ2n) is 5.89. The van der Waals surface area contributed by atoms with Crippen LogP contribution in [0, 0.1) is 24.0 Å². The van der Waals surface area contributed by atoms with Crippen LogP contribution in [0.25, 0.3) is 0 Å². The van der Waals surface area contributed by atoms with E-state index in [0.29, 0.717) is 17.0 Å². The van der Waals surface area contributed by atoms with Gasteiger partial charge in [-0.15, -0.1) is 0 Å². The lowest BCUT2D eigenvalue weighted by molar-refractivity contribution is -0.385. The molecule has 0 radical (unpaired) electrons. The van der Waals surface area contributed by atoms with Gasteiger partial charge in [-0.05, 0) is 44.0 Å². The molecule has 2 aromatic carbocycles. The lowest BCUT2D eigenvalue weighted by atomic mass is 10.1.